The van der Waals surface area contributed by atoms with E-state index in [9.17, 15) is 4.79 Å². The predicted octanol–water partition coefficient (Wildman–Crippen LogP) is 2.62. The minimum Gasteiger partial charge on any atom is -0.349 e. The van der Waals surface area contributed by atoms with Gasteiger partial charge in [0.1, 0.15) is 5.82 Å². The first-order chi connectivity index (χ1) is 10.2. The van der Waals surface area contributed by atoms with Crippen molar-refractivity contribution in [2.45, 2.75) is 31.7 Å². The van der Waals surface area contributed by atoms with Crippen LogP contribution in [0.15, 0.2) is 42.7 Å². The lowest BCUT2D eigenvalue weighted by atomic mass is 9.84. The third-order valence-electron chi connectivity index (χ3n) is 4.30. The average Bonchev–Trinajstić information content (AvgIpc) is 2.82. The van der Waals surface area contributed by atoms with E-state index in [0.29, 0.717) is 6.42 Å². The lowest BCUT2D eigenvalue weighted by Crippen LogP contribution is -2.38. The van der Waals surface area contributed by atoms with E-state index in [-0.39, 0.29) is 17.9 Å². The van der Waals surface area contributed by atoms with E-state index in [4.69, 9.17) is 0 Å². The summed E-state index contributed by atoms with van der Waals surface area (Å²) < 4.78 is 2.01. The topological polar surface area (TPSA) is 46.9 Å². The standard InChI is InChI=1S/C17H21N3O/c1-20-11-10-18-16(20)12-15(13-6-3-2-4-7-13)19-17(21)14-8-5-9-14/h2-4,6-7,10-11,14-15H,5,8-9,12H2,1H3,(H,19,21)/t15-/m0/s1. The summed E-state index contributed by atoms with van der Waals surface area (Å²) in [4.78, 5) is 16.7. The van der Waals surface area contributed by atoms with Gasteiger partial charge in [0, 0.05) is 31.8 Å². The molecular weight excluding hydrogens is 262 g/mol. The Labute approximate surface area is 125 Å². The van der Waals surface area contributed by atoms with E-state index >= 15 is 0 Å². The van der Waals surface area contributed by atoms with E-state index < -0.39 is 0 Å². The first-order valence-electron chi connectivity index (χ1n) is 7.55. The summed E-state index contributed by atoms with van der Waals surface area (Å²) in [6, 6.07) is 10.1. The second kappa shape index (κ2) is 6.12. The number of benzene rings is 1. The van der Waals surface area contributed by atoms with Crippen molar-refractivity contribution in [3.8, 4) is 0 Å². The van der Waals surface area contributed by atoms with Gasteiger partial charge in [0.25, 0.3) is 0 Å². The summed E-state index contributed by atoms with van der Waals surface area (Å²) in [5, 5.41) is 3.21. The summed E-state index contributed by atoms with van der Waals surface area (Å²) in [5.74, 6) is 1.37. The molecule has 1 aromatic carbocycles. The predicted molar refractivity (Wildman–Crippen MR) is 81.6 cm³/mol. The van der Waals surface area contributed by atoms with Crippen molar-refractivity contribution in [3.05, 3.63) is 54.1 Å². The van der Waals surface area contributed by atoms with Crippen LogP contribution in [0.2, 0.25) is 0 Å². The Morgan fingerprint density at radius 2 is 2.14 bits per heavy atom. The number of aryl methyl sites for hydroxylation is 1. The van der Waals surface area contributed by atoms with Gasteiger partial charge in [0.05, 0.1) is 6.04 Å². The highest BCUT2D eigenvalue weighted by Crippen LogP contribution is 2.28. The number of hydrogen-bond donors (Lipinski definition) is 1. The van der Waals surface area contributed by atoms with Crippen LogP contribution in [-0.4, -0.2) is 15.5 Å². The van der Waals surface area contributed by atoms with Gasteiger partial charge in [0.15, 0.2) is 0 Å². The Morgan fingerprint density at radius 3 is 2.71 bits per heavy atom. The molecule has 21 heavy (non-hydrogen) atoms. The minimum atomic E-state index is -0.0135. The molecule has 110 valence electrons. The molecule has 1 fully saturated rings. The van der Waals surface area contributed by atoms with Crippen molar-refractivity contribution in [1.82, 2.24) is 14.9 Å². The number of amides is 1. The van der Waals surface area contributed by atoms with Gasteiger partial charge in [-0.1, -0.05) is 36.8 Å². The number of carbonyl (C=O) groups is 1. The van der Waals surface area contributed by atoms with Gasteiger partial charge < -0.3 is 9.88 Å². The number of hydrogen-bond acceptors (Lipinski definition) is 2. The van der Waals surface area contributed by atoms with Crippen molar-refractivity contribution >= 4 is 5.91 Å². The Hall–Kier alpha value is -2.10. The molecule has 1 aromatic heterocycles. The molecule has 2 aromatic rings. The second-order valence-electron chi connectivity index (χ2n) is 5.76. The van der Waals surface area contributed by atoms with Gasteiger partial charge in [-0.3, -0.25) is 4.79 Å². The normalized spacial score (nSPS) is 16.2. The van der Waals surface area contributed by atoms with Crippen LogP contribution in [0.25, 0.3) is 0 Å². The van der Waals surface area contributed by atoms with Crippen LogP contribution in [0.5, 0.6) is 0 Å². The lowest BCUT2D eigenvalue weighted by molar-refractivity contribution is -0.128. The maximum Gasteiger partial charge on any atom is 0.223 e. The van der Waals surface area contributed by atoms with Crippen molar-refractivity contribution in [1.29, 1.82) is 0 Å². The van der Waals surface area contributed by atoms with E-state index in [2.05, 4.69) is 22.4 Å². The maximum absolute atomic E-state index is 12.3. The lowest BCUT2D eigenvalue weighted by Gasteiger charge is -2.27. The highest BCUT2D eigenvalue weighted by molar-refractivity contribution is 5.79. The molecule has 0 bridgehead atoms. The van der Waals surface area contributed by atoms with Crippen molar-refractivity contribution < 1.29 is 4.79 Å². The number of nitrogens with one attached hydrogen (secondary N) is 1. The third-order valence-corrected chi connectivity index (χ3v) is 4.30. The Balaban J connectivity index is 1.77. The number of imidazole rings is 1. The number of rotatable bonds is 5. The van der Waals surface area contributed by atoms with Gasteiger partial charge >= 0.3 is 0 Å². The zero-order valence-corrected chi connectivity index (χ0v) is 12.3. The Kier molecular flexibility index (Phi) is 4.04. The van der Waals surface area contributed by atoms with Crippen molar-refractivity contribution in [2.75, 3.05) is 0 Å². The summed E-state index contributed by atoms with van der Waals surface area (Å²) in [6.45, 7) is 0. The van der Waals surface area contributed by atoms with Gasteiger partial charge in [-0.15, -0.1) is 0 Å². The van der Waals surface area contributed by atoms with Gasteiger partial charge in [-0.05, 0) is 18.4 Å². The molecule has 1 N–H and O–H groups in total. The largest absolute Gasteiger partial charge is 0.349 e. The molecule has 1 atom stereocenters. The molecular formula is C17H21N3O. The molecule has 1 aliphatic carbocycles. The molecule has 4 nitrogen and oxygen atoms in total. The molecule has 0 aliphatic heterocycles. The fourth-order valence-corrected chi connectivity index (χ4v) is 2.67. The molecule has 1 amide bonds. The fraction of sp³-hybridized carbons (Fsp3) is 0.412. The smallest absolute Gasteiger partial charge is 0.223 e. The van der Waals surface area contributed by atoms with Crippen LogP contribution in [0.4, 0.5) is 0 Å². The molecule has 4 heteroatoms. The summed E-state index contributed by atoms with van der Waals surface area (Å²) in [5.41, 5.74) is 1.13. The average molecular weight is 283 g/mol. The molecule has 0 unspecified atom stereocenters. The summed E-state index contributed by atoms with van der Waals surface area (Å²) in [7, 11) is 1.98. The van der Waals surface area contributed by atoms with Gasteiger partial charge in [-0.25, -0.2) is 4.98 Å². The van der Waals surface area contributed by atoms with Crippen LogP contribution in [0.3, 0.4) is 0 Å². The number of aromatic nitrogens is 2. The first kappa shape index (κ1) is 13.9. The van der Waals surface area contributed by atoms with E-state index in [0.717, 1.165) is 24.2 Å². The molecule has 3 rings (SSSR count). The minimum absolute atomic E-state index is 0.0135. The van der Waals surface area contributed by atoms with E-state index in [1.54, 1.807) is 6.20 Å². The Bertz CT molecular complexity index is 602. The zero-order valence-electron chi connectivity index (χ0n) is 12.3. The van der Waals surface area contributed by atoms with Crippen molar-refractivity contribution in [3.63, 3.8) is 0 Å². The zero-order chi connectivity index (χ0) is 14.7. The van der Waals surface area contributed by atoms with Gasteiger partial charge in [-0.2, -0.15) is 0 Å². The van der Waals surface area contributed by atoms with Crippen molar-refractivity contribution in [2.24, 2.45) is 13.0 Å². The van der Waals surface area contributed by atoms with E-state index in [1.165, 1.54) is 6.42 Å². The number of nitrogens with zero attached hydrogens (tertiary/aromatic N) is 2. The van der Waals surface area contributed by atoms with Crippen LogP contribution >= 0.6 is 0 Å². The second-order valence-corrected chi connectivity index (χ2v) is 5.76. The molecule has 0 radical (unpaired) electrons. The van der Waals surface area contributed by atoms with Crippen LogP contribution in [0.1, 0.15) is 36.7 Å². The Morgan fingerprint density at radius 1 is 1.38 bits per heavy atom. The van der Waals surface area contributed by atoms with E-state index in [1.807, 2.05) is 36.0 Å². The molecule has 1 saturated carbocycles. The van der Waals surface area contributed by atoms with Crippen LogP contribution in [0, 0.1) is 5.92 Å². The maximum atomic E-state index is 12.3. The van der Waals surface area contributed by atoms with Crippen LogP contribution < -0.4 is 5.32 Å². The quantitative estimate of drug-likeness (QED) is 0.917. The molecule has 0 spiro atoms. The summed E-state index contributed by atoms with van der Waals surface area (Å²) >= 11 is 0. The monoisotopic (exact) mass is 283 g/mol. The van der Waals surface area contributed by atoms with Crippen LogP contribution in [-0.2, 0) is 18.3 Å². The highest BCUT2D eigenvalue weighted by Gasteiger charge is 2.27. The third kappa shape index (κ3) is 3.15. The summed E-state index contributed by atoms with van der Waals surface area (Å²) in [6.07, 6.45) is 7.67. The SMILES string of the molecule is Cn1ccnc1C[C@H](NC(=O)C1CCC1)c1ccccc1. The molecule has 0 saturated heterocycles. The highest BCUT2D eigenvalue weighted by atomic mass is 16.2. The molecule has 1 aliphatic rings. The fourth-order valence-electron chi connectivity index (χ4n) is 2.67. The first-order valence-corrected chi connectivity index (χ1v) is 7.55. The molecule has 1 heterocycles. The number of carbonyl (C=O) groups excluding carboxylic acids is 1. The van der Waals surface area contributed by atoms with Gasteiger partial charge in [0.2, 0.25) is 5.91 Å².